The largest absolute Gasteiger partial charge is 0.472 e. The Balaban J connectivity index is 5.25. The van der Waals surface area contributed by atoms with Gasteiger partial charge in [-0.15, -0.1) is 0 Å². The Labute approximate surface area is 645 Å². The monoisotopic (exact) mass is 1540 g/mol. The van der Waals surface area contributed by atoms with Crippen molar-refractivity contribution in [1.29, 1.82) is 0 Å². The smallest absolute Gasteiger partial charge is 0.462 e. The lowest BCUT2D eigenvalue weighted by atomic mass is 9.99. The highest BCUT2D eigenvalue weighted by Crippen LogP contribution is 2.45. The zero-order valence-corrected chi connectivity index (χ0v) is 71.0. The van der Waals surface area contributed by atoms with Crippen molar-refractivity contribution in [2.24, 2.45) is 17.8 Å². The predicted molar refractivity (Wildman–Crippen MR) is 432 cm³/mol. The molecule has 0 fully saturated rings. The van der Waals surface area contributed by atoms with Crippen LogP contribution in [-0.4, -0.2) is 96.7 Å². The van der Waals surface area contributed by atoms with Crippen LogP contribution in [0.1, 0.15) is 453 Å². The summed E-state index contributed by atoms with van der Waals surface area (Å²) in [5, 5.41) is 10.7. The number of hydrogen-bond acceptors (Lipinski definition) is 15. The number of aliphatic hydroxyl groups excluding tert-OH is 1. The van der Waals surface area contributed by atoms with Crippen LogP contribution in [0.15, 0.2) is 0 Å². The summed E-state index contributed by atoms with van der Waals surface area (Å²) in [7, 11) is -9.93. The highest BCUT2D eigenvalue weighted by atomic mass is 31.2. The van der Waals surface area contributed by atoms with Crippen molar-refractivity contribution in [2.45, 2.75) is 471 Å². The van der Waals surface area contributed by atoms with Gasteiger partial charge < -0.3 is 33.8 Å². The summed E-state index contributed by atoms with van der Waals surface area (Å²) >= 11 is 0. The summed E-state index contributed by atoms with van der Waals surface area (Å²) in [6.45, 7) is 12.1. The molecule has 6 atom stereocenters. The lowest BCUT2D eigenvalue weighted by Crippen LogP contribution is -2.30. The fourth-order valence-corrected chi connectivity index (χ4v) is 14.9. The van der Waals surface area contributed by atoms with E-state index < -0.39 is 97.5 Å². The van der Waals surface area contributed by atoms with Crippen molar-refractivity contribution in [3.8, 4) is 0 Å². The van der Waals surface area contributed by atoms with E-state index in [1.165, 1.54) is 263 Å². The first-order valence-corrected chi connectivity index (χ1v) is 47.4. The maximum absolute atomic E-state index is 13.1. The van der Waals surface area contributed by atoms with Crippen molar-refractivity contribution in [3.05, 3.63) is 0 Å². The van der Waals surface area contributed by atoms with Crippen LogP contribution in [0, 0.1) is 17.8 Å². The zero-order chi connectivity index (χ0) is 77.2. The second-order valence-electron chi connectivity index (χ2n) is 32.1. The molecular formula is C86H168O17P2. The van der Waals surface area contributed by atoms with Gasteiger partial charge in [0.2, 0.25) is 0 Å². The number of rotatable bonds is 84. The van der Waals surface area contributed by atoms with Gasteiger partial charge in [0.1, 0.15) is 19.3 Å². The van der Waals surface area contributed by atoms with E-state index in [-0.39, 0.29) is 25.7 Å². The minimum atomic E-state index is -4.97. The van der Waals surface area contributed by atoms with E-state index in [1.807, 2.05) is 0 Å². The van der Waals surface area contributed by atoms with Crippen LogP contribution >= 0.6 is 15.6 Å². The van der Waals surface area contributed by atoms with Crippen LogP contribution in [0.25, 0.3) is 0 Å². The van der Waals surface area contributed by atoms with E-state index in [0.29, 0.717) is 25.7 Å². The molecule has 0 spiro atoms. The average molecular weight is 1540 g/mol. The lowest BCUT2D eigenvalue weighted by Gasteiger charge is -2.21. The molecule has 0 saturated carbocycles. The summed E-state index contributed by atoms with van der Waals surface area (Å²) in [5.41, 5.74) is 0. The van der Waals surface area contributed by atoms with E-state index in [1.54, 1.807) is 0 Å². The third-order valence-electron chi connectivity index (χ3n) is 20.5. The maximum atomic E-state index is 13.1. The first-order chi connectivity index (χ1) is 50.8. The maximum Gasteiger partial charge on any atom is 0.472 e. The number of hydrogen-bond donors (Lipinski definition) is 3. The summed E-state index contributed by atoms with van der Waals surface area (Å²) in [6, 6.07) is 0. The van der Waals surface area contributed by atoms with Gasteiger partial charge in [-0.05, 0) is 43.4 Å². The minimum Gasteiger partial charge on any atom is -0.462 e. The van der Waals surface area contributed by atoms with Gasteiger partial charge in [-0.3, -0.25) is 37.3 Å². The molecule has 0 bridgehead atoms. The molecule has 0 aliphatic heterocycles. The SMILES string of the molecule is CCCCCCCCCCCCCCCC(=O)OC[C@H](COP(=O)(O)OC[C@H](O)COP(=O)(O)OC[C@@H](COC(=O)CCCCCCCCCCCCCCCC(C)C)OC(=O)CCCCCCCCCCCCCCCCCCCCC(C)CC)OC(=O)CCCCCCCCCCCCCC(C)C. The van der Waals surface area contributed by atoms with Crippen LogP contribution < -0.4 is 0 Å². The number of esters is 4. The summed E-state index contributed by atoms with van der Waals surface area (Å²) < 4.78 is 68.9. The molecule has 17 nitrogen and oxygen atoms in total. The molecule has 0 saturated heterocycles. The Morgan fingerprint density at radius 1 is 0.276 bits per heavy atom. The molecule has 624 valence electrons. The van der Waals surface area contributed by atoms with Gasteiger partial charge in [0, 0.05) is 25.7 Å². The van der Waals surface area contributed by atoms with Gasteiger partial charge in [0.05, 0.1) is 26.4 Å². The fraction of sp³-hybridized carbons (Fsp3) is 0.953. The molecular weight excluding hydrogens is 1370 g/mol. The van der Waals surface area contributed by atoms with Gasteiger partial charge in [-0.1, -0.05) is 402 Å². The number of phosphoric ester groups is 2. The molecule has 0 aromatic carbocycles. The van der Waals surface area contributed by atoms with E-state index in [0.717, 1.165) is 108 Å². The number of carbonyl (C=O) groups excluding carboxylic acids is 4. The average Bonchev–Trinajstić information content (AvgIpc) is 1.13. The Hall–Kier alpha value is -1.94. The van der Waals surface area contributed by atoms with Gasteiger partial charge in [0.15, 0.2) is 12.2 Å². The molecule has 0 aromatic rings. The van der Waals surface area contributed by atoms with Gasteiger partial charge in [0.25, 0.3) is 0 Å². The Morgan fingerprint density at radius 3 is 0.724 bits per heavy atom. The second-order valence-corrected chi connectivity index (χ2v) is 35.0. The highest BCUT2D eigenvalue weighted by molar-refractivity contribution is 7.47. The molecule has 105 heavy (non-hydrogen) atoms. The van der Waals surface area contributed by atoms with Crippen molar-refractivity contribution >= 4 is 39.5 Å². The van der Waals surface area contributed by atoms with Gasteiger partial charge in [-0.2, -0.15) is 0 Å². The van der Waals surface area contributed by atoms with Crippen LogP contribution in [0.5, 0.6) is 0 Å². The molecule has 19 heteroatoms. The van der Waals surface area contributed by atoms with E-state index >= 15 is 0 Å². The topological polar surface area (TPSA) is 237 Å². The third-order valence-corrected chi connectivity index (χ3v) is 22.4. The van der Waals surface area contributed by atoms with Gasteiger partial charge in [-0.25, -0.2) is 9.13 Å². The lowest BCUT2D eigenvalue weighted by molar-refractivity contribution is -0.161. The number of aliphatic hydroxyl groups is 1. The number of phosphoric acid groups is 2. The van der Waals surface area contributed by atoms with E-state index in [2.05, 4.69) is 48.5 Å². The zero-order valence-electron chi connectivity index (χ0n) is 69.2. The quantitative estimate of drug-likeness (QED) is 0.0222. The Bertz CT molecular complexity index is 2030. The minimum absolute atomic E-state index is 0.107. The van der Waals surface area contributed by atoms with Crippen molar-refractivity contribution in [3.63, 3.8) is 0 Å². The van der Waals surface area contributed by atoms with E-state index in [4.69, 9.17) is 37.0 Å². The number of ether oxygens (including phenoxy) is 4. The molecule has 0 amide bonds. The van der Waals surface area contributed by atoms with E-state index in [9.17, 15) is 43.2 Å². The predicted octanol–water partition coefficient (Wildman–Crippen LogP) is 26.1. The number of carbonyl (C=O) groups is 4. The Kier molecular flexibility index (Phi) is 74.7. The highest BCUT2D eigenvalue weighted by Gasteiger charge is 2.30. The summed E-state index contributed by atoms with van der Waals surface area (Å²) in [5.74, 6) is 0.324. The third kappa shape index (κ3) is 78.5. The van der Waals surface area contributed by atoms with Crippen LogP contribution in [0.3, 0.4) is 0 Å². The van der Waals surface area contributed by atoms with Crippen LogP contribution in [0.4, 0.5) is 0 Å². The molecule has 0 aromatic heterocycles. The first-order valence-electron chi connectivity index (χ1n) is 44.4. The molecule has 3 unspecified atom stereocenters. The molecule has 0 heterocycles. The fourth-order valence-electron chi connectivity index (χ4n) is 13.3. The normalized spacial score (nSPS) is 14.1. The first kappa shape index (κ1) is 103. The van der Waals surface area contributed by atoms with Crippen LogP contribution in [-0.2, 0) is 65.4 Å². The van der Waals surface area contributed by atoms with Crippen LogP contribution in [0.2, 0.25) is 0 Å². The summed E-state index contributed by atoms with van der Waals surface area (Å²) in [6.07, 6.45) is 66.5. The van der Waals surface area contributed by atoms with Crippen molar-refractivity contribution < 1.29 is 80.2 Å². The standard InChI is InChI=1S/C86H168O17P2/c1-8-10-11-12-13-14-15-23-32-39-46-53-60-67-83(88)96-74-82(103-86(91)70-63-56-49-42-35-28-30-37-44-51-58-65-78(5)6)76-101-105(94,95)99-72-80(87)71-98-104(92,93)100-75-81(73-97-84(89)68-61-54-47-40-33-27-22-24-29-36-43-50-57-64-77(3)4)102-85(90)69-62-55-48-41-34-26-21-19-17-16-18-20-25-31-38-45-52-59-66-79(7)9-2/h77-82,87H,8-76H2,1-7H3,(H,92,93)(H,94,95)/t79?,80-,81-,82-/m1/s1. The second kappa shape index (κ2) is 76.1. The molecule has 3 N–H and O–H groups in total. The number of unbranched alkanes of at least 4 members (excludes halogenated alkanes) is 51. The molecule has 0 radical (unpaired) electrons. The summed E-state index contributed by atoms with van der Waals surface area (Å²) in [4.78, 5) is 73.2. The van der Waals surface area contributed by atoms with Crippen molar-refractivity contribution in [2.75, 3.05) is 39.6 Å². The van der Waals surface area contributed by atoms with Crippen molar-refractivity contribution in [1.82, 2.24) is 0 Å². The molecule has 0 aliphatic carbocycles. The molecule has 0 rings (SSSR count). The molecule has 0 aliphatic rings. The Morgan fingerprint density at radius 2 is 0.486 bits per heavy atom. The van der Waals surface area contributed by atoms with Gasteiger partial charge >= 0.3 is 39.5 Å².